The Hall–Kier alpha value is -2.62. The minimum absolute atomic E-state index is 0.0401. The molecule has 0 atom stereocenters. The number of nitrogens with zero attached hydrogens (tertiary/aromatic N) is 1. The molecule has 4 nitrogen and oxygen atoms in total. The van der Waals surface area contributed by atoms with E-state index in [1.165, 1.54) is 0 Å². The van der Waals surface area contributed by atoms with Gasteiger partial charge in [0.05, 0.1) is 0 Å². The molecule has 1 heterocycles. The second-order valence-corrected chi connectivity index (χ2v) is 6.13. The number of amides is 2. The highest BCUT2D eigenvalue weighted by molar-refractivity contribution is 5.98. The van der Waals surface area contributed by atoms with Crippen molar-refractivity contribution in [1.82, 2.24) is 4.90 Å². The van der Waals surface area contributed by atoms with Gasteiger partial charge in [-0.1, -0.05) is 37.3 Å². The van der Waals surface area contributed by atoms with Gasteiger partial charge in [0.15, 0.2) is 0 Å². The van der Waals surface area contributed by atoms with Gasteiger partial charge in [0.2, 0.25) is 5.91 Å². The molecule has 1 N–H and O–H groups in total. The first-order chi connectivity index (χ1) is 11.7. The molecule has 124 valence electrons. The van der Waals surface area contributed by atoms with Gasteiger partial charge in [-0.2, -0.15) is 0 Å². The molecule has 0 spiro atoms. The molecule has 0 saturated heterocycles. The Bertz CT molecular complexity index is 741. The molecule has 0 saturated carbocycles. The summed E-state index contributed by atoms with van der Waals surface area (Å²) >= 11 is 0. The highest BCUT2D eigenvalue weighted by Crippen LogP contribution is 2.24. The van der Waals surface area contributed by atoms with Crippen LogP contribution in [0.25, 0.3) is 0 Å². The van der Waals surface area contributed by atoms with Gasteiger partial charge >= 0.3 is 0 Å². The minimum atomic E-state index is 0.0401. The van der Waals surface area contributed by atoms with E-state index in [1.807, 2.05) is 47.4 Å². The molecule has 2 aromatic carbocycles. The summed E-state index contributed by atoms with van der Waals surface area (Å²) in [5, 5.41) is 2.86. The molecular formula is C20H22N2O2. The molecular weight excluding hydrogens is 300 g/mol. The molecule has 0 fully saturated rings. The zero-order valence-electron chi connectivity index (χ0n) is 13.9. The summed E-state index contributed by atoms with van der Waals surface area (Å²) in [4.78, 5) is 26.3. The van der Waals surface area contributed by atoms with Crippen LogP contribution in [0, 0.1) is 0 Å². The Morgan fingerprint density at radius 2 is 1.92 bits per heavy atom. The topological polar surface area (TPSA) is 49.4 Å². The third-order valence-electron chi connectivity index (χ3n) is 4.24. The van der Waals surface area contributed by atoms with Gasteiger partial charge in [0, 0.05) is 30.8 Å². The second kappa shape index (κ2) is 7.30. The summed E-state index contributed by atoms with van der Waals surface area (Å²) in [6.07, 6.45) is 2.08. The van der Waals surface area contributed by atoms with Crippen molar-refractivity contribution in [3.05, 3.63) is 65.2 Å². The number of nitrogens with one attached hydrogen (secondary N) is 1. The summed E-state index contributed by atoms with van der Waals surface area (Å²) in [6.45, 7) is 3.41. The lowest BCUT2D eigenvalue weighted by molar-refractivity contribution is -0.116. The molecule has 3 rings (SSSR count). The van der Waals surface area contributed by atoms with Gasteiger partial charge in [-0.3, -0.25) is 9.59 Å². The molecule has 24 heavy (non-hydrogen) atoms. The quantitative estimate of drug-likeness (QED) is 0.914. The van der Waals surface area contributed by atoms with E-state index in [1.54, 1.807) is 6.07 Å². The summed E-state index contributed by atoms with van der Waals surface area (Å²) < 4.78 is 0. The third-order valence-corrected chi connectivity index (χ3v) is 4.24. The van der Waals surface area contributed by atoms with Crippen LogP contribution in [-0.2, 0) is 17.8 Å². The van der Waals surface area contributed by atoms with E-state index in [0.29, 0.717) is 24.9 Å². The van der Waals surface area contributed by atoms with Gasteiger partial charge in [-0.25, -0.2) is 0 Å². The average molecular weight is 322 g/mol. The highest BCUT2D eigenvalue weighted by atomic mass is 16.2. The van der Waals surface area contributed by atoms with Crippen LogP contribution in [0.5, 0.6) is 0 Å². The summed E-state index contributed by atoms with van der Waals surface area (Å²) in [7, 11) is 0. The van der Waals surface area contributed by atoms with Crippen LogP contribution in [0.15, 0.2) is 48.5 Å². The maximum absolute atomic E-state index is 12.9. The van der Waals surface area contributed by atoms with Crippen LogP contribution in [0.4, 0.5) is 5.69 Å². The zero-order valence-corrected chi connectivity index (χ0v) is 13.9. The normalized spacial score (nSPS) is 13.1. The van der Waals surface area contributed by atoms with Crippen LogP contribution < -0.4 is 5.32 Å². The van der Waals surface area contributed by atoms with Crippen molar-refractivity contribution >= 4 is 17.5 Å². The fourth-order valence-corrected chi connectivity index (χ4v) is 3.03. The van der Waals surface area contributed by atoms with E-state index in [4.69, 9.17) is 0 Å². The number of hydrogen-bond acceptors (Lipinski definition) is 2. The predicted molar refractivity (Wildman–Crippen MR) is 94.9 cm³/mol. The van der Waals surface area contributed by atoms with Crippen molar-refractivity contribution in [2.45, 2.75) is 32.7 Å². The van der Waals surface area contributed by atoms with Crippen LogP contribution in [0.1, 0.15) is 41.3 Å². The first-order valence-electron chi connectivity index (χ1n) is 8.43. The minimum Gasteiger partial charge on any atom is -0.334 e. The highest BCUT2D eigenvalue weighted by Gasteiger charge is 2.19. The second-order valence-electron chi connectivity index (χ2n) is 6.13. The number of benzene rings is 2. The fourth-order valence-electron chi connectivity index (χ4n) is 3.03. The largest absolute Gasteiger partial charge is 0.334 e. The SMILES string of the molecule is CCCN(Cc1ccccc1)C(=O)c1ccc2c(c1)CCC(=O)N2. The van der Waals surface area contributed by atoms with Gasteiger partial charge < -0.3 is 10.2 Å². The molecule has 0 radical (unpaired) electrons. The van der Waals surface area contributed by atoms with Crippen molar-refractivity contribution in [3.8, 4) is 0 Å². The van der Waals surface area contributed by atoms with E-state index >= 15 is 0 Å². The number of carbonyl (C=O) groups is 2. The van der Waals surface area contributed by atoms with Gasteiger partial charge in [-0.05, 0) is 42.2 Å². The number of anilines is 1. The maximum Gasteiger partial charge on any atom is 0.254 e. The Labute approximate surface area is 142 Å². The number of rotatable bonds is 5. The van der Waals surface area contributed by atoms with Gasteiger partial charge in [0.25, 0.3) is 5.91 Å². The van der Waals surface area contributed by atoms with Crippen molar-refractivity contribution in [3.63, 3.8) is 0 Å². The lowest BCUT2D eigenvalue weighted by Gasteiger charge is -2.24. The van der Waals surface area contributed by atoms with E-state index in [-0.39, 0.29) is 11.8 Å². The number of fused-ring (bicyclic) bond motifs is 1. The van der Waals surface area contributed by atoms with Gasteiger partial charge in [-0.15, -0.1) is 0 Å². The molecule has 2 aromatic rings. The van der Waals surface area contributed by atoms with Gasteiger partial charge in [0.1, 0.15) is 0 Å². The Morgan fingerprint density at radius 1 is 1.12 bits per heavy atom. The molecule has 4 heteroatoms. The average Bonchev–Trinajstić information content (AvgIpc) is 2.61. The van der Waals surface area contributed by atoms with E-state index in [9.17, 15) is 9.59 Å². The summed E-state index contributed by atoms with van der Waals surface area (Å²) in [5.41, 5.74) is 3.68. The standard InChI is InChI=1S/C20H22N2O2/c1-2-12-22(14-15-6-4-3-5-7-15)20(24)17-8-10-18-16(13-17)9-11-19(23)21-18/h3-8,10,13H,2,9,11-12,14H2,1H3,(H,21,23). The van der Waals surface area contributed by atoms with E-state index < -0.39 is 0 Å². The lowest BCUT2D eigenvalue weighted by Crippen LogP contribution is -2.31. The molecule has 0 unspecified atom stereocenters. The monoisotopic (exact) mass is 322 g/mol. The molecule has 2 amide bonds. The summed E-state index contributed by atoms with van der Waals surface area (Å²) in [6, 6.07) is 15.6. The van der Waals surface area contributed by atoms with E-state index in [2.05, 4.69) is 12.2 Å². The third kappa shape index (κ3) is 3.65. The van der Waals surface area contributed by atoms with Crippen molar-refractivity contribution < 1.29 is 9.59 Å². The van der Waals surface area contributed by atoms with Crippen LogP contribution >= 0.6 is 0 Å². The predicted octanol–water partition coefficient (Wildman–Crippen LogP) is 3.62. The number of aryl methyl sites for hydroxylation is 1. The van der Waals surface area contributed by atoms with Crippen molar-refractivity contribution in [1.29, 1.82) is 0 Å². The Balaban J connectivity index is 1.81. The Morgan fingerprint density at radius 3 is 2.67 bits per heavy atom. The fraction of sp³-hybridized carbons (Fsp3) is 0.300. The molecule has 1 aliphatic rings. The smallest absolute Gasteiger partial charge is 0.254 e. The lowest BCUT2D eigenvalue weighted by atomic mass is 10.00. The first-order valence-corrected chi connectivity index (χ1v) is 8.43. The van der Waals surface area contributed by atoms with Crippen molar-refractivity contribution in [2.75, 3.05) is 11.9 Å². The summed E-state index contributed by atoms with van der Waals surface area (Å²) in [5.74, 6) is 0.0821. The van der Waals surface area contributed by atoms with E-state index in [0.717, 1.165) is 29.8 Å². The molecule has 0 aromatic heterocycles. The maximum atomic E-state index is 12.9. The zero-order chi connectivity index (χ0) is 16.9. The number of carbonyl (C=O) groups excluding carboxylic acids is 2. The van der Waals surface area contributed by atoms with Crippen LogP contribution in [0.2, 0.25) is 0 Å². The van der Waals surface area contributed by atoms with Crippen LogP contribution in [-0.4, -0.2) is 23.3 Å². The molecule has 1 aliphatic heterocycles. The first kappa shape index (κ1) is 16.2. The molecule has 0 bridgehead atoms. The van der Waals surface area contributed by atoms with Crippen LogP contribution in [0.3, 0.4) is 0 Å². The molecule has 0 aliphatic carbocycles. The Kier molecular flexibility index (Phi) is 4.94. The van der Waals surface area contributed by atoms with Crippen molar-refractivity contribution in [2.24, 2.45) is 0 Å². The number of hydrogen-bond donors (Lipinski definition) is 1.